The standard InChI is InChI=1S/C52H35NO/c1-4-13-36(14-5-1)39-23-28-44(29-24-39)53(45-30-25-40(26-31-45)37-15-6-2-7-16-37)49-21-12-22-50-52(49)48-34-42-20-11-10-19-41(42)33-47(48)46-32-27-43(35-51(46)54-50)38-17-8-3-9-18-38/h1-35H. The molecule has 0 bridgehead atoms. The van der Waals surface area contributed by atoms with Crippen molar-refractivity contribution in [3.63, 3.8) is 0 Å². The van der Waals surface area contributed by atoms with Gasteiger partial charge in [-0.05, 0) is 116 Å². The number of nitrogens with zero attached hydrogens (tertiary/aromatic N) is 1. The fourth-order valence-corrected chi connectivity index (χ4v) is 7.78. The van der Waals surface area contributed by atoms with Crippen LogP contribution in [0.25, 0.3) is 66.4 Å². The maximum atomic E-state index is 7.06. The number of hydrogen-bond donors (Lipinski definition) is 0. The van der Waals surface area contributed by atoms with E-state index < -0.39 is 0 Å². The van der Waals surface area contributed by atoms with Gasteiger partial charge in [0.05, 0.1) is 5.69 Å². The molecule has 10 rings (SSSR count). The third-order valence-electron chi connectivity index (χ3n) is 10.5. The molecule has 1 aliphatic rings. The molecule has 1 aliphatic heterocycles. The summed E-state index contributed by atoms with van der Waals surface area (Å²) in [5, 5.41) is 2.38. The van der Waals surface area contributed by atoms with Crippen LogP contribution in [-0.4, -0.2) is 0 Å². The molecular weight excluding hydrogens is 655 g/mol. The Morgan fingerprint density at radius 1 is 0.296 bits per heavy atom. The fraction of sp³-hybridized carbons (Fsp3) is 0. The van der Waals surface area contributed by atoms with Crippen molar-refractivity contribution >= 4 is 27.8 Å². The van der Waals surface area contributed by atoms with Crippen LogP contribution in [0.4, 0.5) is 17.1 Å². The number of rotatable bonds is 6. The van der Waals surface area contributed by atoms with E-state index in [2.05, 4.69) is 217 Å². The fourth-order valence-electron chi connectivity index (χ4n) is 7.78. The summed E-state index contributed by atoms with van der Waals surface area (Å²) in [7, 11) is 0. The van der Waals surface area contributed by atoms with E-state index in [9.17, 15) is 0 Å². The minimum Gasteiger partial charge on any atom is -0.456 e. The van der Waals surface area contributed by atoms with Crippen LogP contribution in [0.2, 0.25) is 0 Å². The predicted molar refractivity (Wildman–Crippen MR) is 226 cm³/mol. The van der Waals surface area contributed by atoms with E-state index >= 15 is 0 Å². The Labute approximate surface area is 315 Å². The molecule has 1 heterocycles. The molecule has 0 radical (unpaired) electrons. The third kappa shape index (κ3) is 5.71. The van der Waals surface area contributed by atoms with Crippen molar-refractivity contribution in [2.75, 3.05) is 4.90 Å². The second kappa shape index (κ2) is 13.4. The minimum atomic E-state index is 0.819. The zero-order chi connectivity index (χ0) is 35.8. The van der Waals surface area contributed by atoms with Gasteiger partial charge < -0.3 is 9.64 Å². The molecule has 0 atom stereocenters. The average molecular weight is 690 g/mol. The molecule has 0 unspecified atom stereocenters. The van der Waals surface area contributed by atoms with E-state index in [1.54, 1.807) is 0 Å². The van der Waals surface area contributed by atoms with Gasteiger partial charge >= 0.3 is 0 Å². The molecule has 0 saturated heterocycles. The van der Waals surface area contributed by atoms with Crippen LogP contribution in [0.3, 0.4) is 0 Å². The van der Waals surface area contributed by atoms with E-state index in [0.29, 0.717) is 0 Å². The first-order valence-electron chi connectivity index (χ1n) is 18.4. The highest BCUT2D eigenvalue weighted by atomic mass is 16.5. The zero-order valence-corrected chi connectivity index (χ0v) is 29.6. The van der Waals surface area contributed by atoms with Crippen molar-refractivity contribution in [2.24, 2.45) is 0 Å². The van der Waals surface area contributed by atoms with Crippen molar-refractivity contribution in [3.05, 3.63) is 212 Å². The molecule has 9 aromatic rings. The topological polar surface area (TPSA) is 12.5 Å². The van der Waals surface area contributed by atoms with Crippen molar-refractivity contribution in [2.45, 2.75) is 0 Å². The summed E-state index contributed by atoms with van der Waals surface area (Å²) in [6.07, 6.45) is 0. The van der Waals surface area contributed by atoms with Gasteiger partial charge in [0.1, 0.15) is 11.5 Å². The van der Waals surface area contributed by atoms with E-state index in [1.165, 1.54) is 33.0 Å². The normalized spacial score (nSPS) is 11.5. The second-order valence-electron chi connectivity index (χ2n) is 13.7. The largest absolute Gasteiger partial charge is 0.456 e. The van der Waals surface area contributed by atoms with Crippen LogP contribution in [0.1, 0.15) is 0 Å². The van der Waals surface area contributed by atoms with Gasteiger partial charge in [0.2, 0.25) is 0 Å². The summed E-state index contributed by atoms with van der Waals surface area (Å²) in [5.74, 6) is 1.66. The van der Waals surface area contributed by atoms with Gasteiger partial charge in [0, 0.05) is 22.5 Å². The Hall–Kier alpha value is -7.16. The first-order chi connectivity index (χ1) is 26.8. The van der Waals surface area contributed by atoms with Gasteiger partial charge in [-0.15, -0.1) is 0 Å². The van der Waals surface area contributed by atoms with Crippen molar-refractivity contribution in [3.8, 4) is 67.1 Å². The lowest BCUT2D eigenvalue weighted by Crippen LogP contribution is -2.11. The molecule has 54 heavy (non-hydrogen) atoms. The molecule has 0 amide bonds. The molecular formula is C52H35NO. The Bertz CT molecular complexity index is 2670. The summed E-state index contributed by atoms with van der Waals surface area (Å²) in [5.41, 5.74) is 14.6. The van der Waals surface area contributed by atoms with Gasteiger partial charge in [-0.25, -0.2) is 0 Å². The smallest absolute Gasteiger partial charge is 0.137 e. The first kappa shape index (κ1) is 31.6. The molecule has 2 nitrogen and oxygen atoms in total. The molecule has 9 aromatic carbocycles. The lowest BCUT2D eigenvalue weighted by molar-refractivity contribution is 0.488. The monoisotopic (exact) mass is 689 g/mol. The number of anilines is 3. The SMILES string of the molecule is c1ccc(-c2ccc(N(c3ccc(-c4ccccc4)cc3)c3cccc4c3-c3cc5ccccc5cc3-c3ccc(-c5ccccc5)cc3O4)cc2)cc1. The molecule has 0 spiro atoms. The van der Waals surface area contributed by atoms with E-state index in [-0.39, 0.29) is 0 Å². The molecule has 2 heteroatoms. The lowest BCUT2D eigenvalue weighted by atomic mass is 9.89. The number of fused-ring (bicyclic) bond motifs is 6. The van der Waals surface area contributed by atoms with Crippen LogP contribution in [0.15, 0.2) is 212 Å². The molecule has 0 aliphatic carbocycles. The average Bonchev–Trinajstić information content (AvgIpc) is 3.38. The van der Waals surface area contributed by atoms with Crippen molar-refractivity contribution < 1.29 is 4.74 Å². The van der Waals surface area contributed by atoms with Gasteiger partial charge in [-0.1, -0.05) is 152 Å². The van der Waals surface area contributed by atoms with Gasteiger partial charge in [0.25, 0.3) is 0 Å². The highest BCUT2D eigenvalue weighted by Gasteiger charge is 2.27. The molecule has 254 valence electrons. The number of hydrogen-bond acceptors (Lipinski definition) is 2. The quantitative estimate of drug-likeness (QED) is 0.172. The summed E-state index contributed by atoms with van der Waals surface area (Å²) in [6, 6.07) is 75.8. The van der Waals surface area contributed by atoms with Crippen molar-refractivity contribution in [1.82, 2.24) is 0 Å². The zero-order valence-electron chi connectivity index (χ0n) is 29.6. The highest BCUT2D eigenvalue weighted by molar-refractivity contribution is 6.04. The minimum absolute atomic E-state index is 0.819. The number of ether oxygens (including phenoxy) is 1. The maximum absolute atomic E-state index is 7.06. The van der Waals surface area contributed by atoms with Crippen LogP contribution in [0.5, 0.6) is 11.5 Å². The summed E-state index contributed by atoms with van der Waals surface area (Å²) in [6.45, 7) is 0. The Kier molecular flexibility index (Phi) is 7.85. The van der Waals surface area contributed by atoms with E-state index in [4.69, 9.17) is 4.74 Å². The van der Waals surface area contributed by atoms with E-state index in [1.807, 2.05) is 0 Å². The Morgan fingerprint density at radius 3 is 1.31 bits per heavy atom. The molecule has 0 aromatic heterocycles. The third-order valence-corrected chi connectivity index (χ3v) is 10.5. The Morgan fingerprint density at radius 2 is 0.759 bits per heavy atom. The molecule has 0 fully saturated rings. The summed E-state index contributed by atoms with van der Waals surface area (Å²) < 4.78 is 7.06. The predicted octanol–water partition coefficient (Wildman–Crippen LogP) is 14.8. The van der Waals surface area contributed by atoms with Gasteiger partial charge in [-0.3, -0.25) is 0 Å². The first-order valence-corrected chi connectivity index (χ1v) is 18.4. The van der Waals surface area contributed by atoms with Crippen LogP contribution >= 0.6 is 0 Å². The number of benzene rings is 9. The maximum Gasteiger partial charge on any atom is 0.137 e. The summed E-state index contributed by atoms with van der Waals surface area (Å²) >= 11 is 0. The molecule has 0 N–H and O–H groups in total. The van der Waals surface area contributed by atoms with Crippen LogP contribution in [-0.2, 0) is 0 Å². The second-order valence-corrected chi connectivity index (χ2v) is 13.7. The van der Waals surface area contributed by atoms with Crippen LogP contribution < -0.4 is 9.64 Å². The van der Waals surface area contributed by atoms with Crippen molar-refractivity contribution in [1.29, 1.82) is 0 Å². The van der Waals surface area contributed by atoms with E-state index in [0.717, 1.165) is 61.9 Å². The summed E-state index contributed by atoms with van der Waals surface area (Å²) in [4.78, 5) is 2.37. The van der Waals surface area contributed by atoms with Gasteiger partial charge in [0.15, 0.2) is 0 Å². The highest BCUT2D eigenvalue weighted by Crippen LogP contribution is 2.54. The lowest BCUT2D eigenvalue weighted by Gasteiger charge is -2.29. The molecule has 0 saturated carbocycles. The Balaban J connectivity index is 1.19. The van der Waals surface area contributed by atoms with Crippen LogP contribution in [0, 0.1) is 0 Å². The van der Waals surface area contributed by atoms with Gasteiger partial charge in [-0.2, -0.15) is 0 Å².